The molecular weight excluding hydrogens is 678 g/mol. The van der Waals surface area contributed by atoms with Crippen LogP contribution in [0.3, 0.4) is 0 Å². The number of benzene rings is 2. The topological polar surface area (TPSA) is 124 Å². The van der Waals surface area contributed by atoms with Crippen molar-refractivity contribution in [1.29, 1.82) is 0 Å². The van der Waals surface area contributed by atoms with Crippen molar-refractivity contribution in [3.8, 4) is 0 Å². The van der Waals surface area contributed by atoms with Crippen LogP contribution >= 0.6 is 11.6 Å². The Kier molecular flexibility index (Phi) is 22.6. The molecule has 3 N–H and O–H groups in total. The largest absolute Gasteiger partial charge is 0.481 e. The summed E-state index contributed by atoms with van der Waals surface area (Å²) in [5.74, 6) is -2.28. The highest BCUT2D eigenvalue weighted by Crippen LogP contribution is 2.34. The van der Waals surface area contributed by atoms with Crippen LogP contribution in [0.1, 0.15) is 127 Å². The third kappa shape index (κ3) is 19.4. The molecule has 1 heterocycles. The van der Waals surface area contributed by atoms with E-state index in [9.17, 15) is 14.4 Å². The molecule has 0 radical (unpaired) electrons. The van der Waals surface area contributed by atoms with E-state index in [1.807, 2.05) is 18.2 Å². The van der Waals surface area contributed by atoms with E-state index in [2.05, 4.69) is 67.4 Å². The Morgan fingerprint density at radius 3 is 1.85 bits per heavy atom. The zero-order valence-corrected chi connectivity index (χ0v) is 32.2. The summed E-state index contributed by atoms with van der Waals surface area (Å²) in [4.78, 5) is 31.9. The molecule has 52 heavy (non-hydrogen) atoms. The molecule has 288 valence electrons. The standard InChI is InChI=1S/C21H26ClNO.C18H32O2.C4H4O4/c1-21(17-7-4-3-5-8-17,18-10-12-19(22)13-11-18)24-16-14-20-9-6-15-23(20)2;19-18(20)16-10-8-6-4-2-1-3-5-7-9-13-17-14-11-12-15-17;5-3(6)1-2-4(7)8/h3-5,7-8,10-13,20H,6,9,14-16H2,1-2H3;11,14,17H,1-10,12-13,15-16H2,(H,19,20);1-2H,(H,5,6)(H,7,8). The highest BCUT2D eigenvalue weighted by Gasteiger charge is 2.31. The average Bonchev–Trinajstić information content (AvgIpc) is 3.80. The lowest BCUT2D eigenvalue weighted by molar-refractivity contribution is -0.137. The Morgan fingerprint density at radius 1 is 0.788 bits per heavy atom. The number of nitrogens with zero attached hydrogens (tertiary/aromatic N) is 1. The van der Waals surface area contributed by atoms with Gasteiger partial charge in [0.15, 0.2) is 0 Å². The lowest BCUT2D eigenvalue weighted by atomic mass is 9.88. The molecule has 3 unspecified atom stereocenters. The molecule has 2 aromatic carbocycles. The van der Waals surface area contributed by atoms with Crippen molar-refractivity contribution < 1.29 is 34.4 Å². The summed E-state index contributed by atoms with van der Waals surface area (Å²) in [5.41, 5.74) is 1.85. The Labute approximate surface area is 316 Å². The van der Waals surface area contributed by atoms with Crippen molar-refractivity contribution in [2.45, 2.75) is 128 Å². The van der Waals surface area contributed by atoms with Crippen molar-refractivity contribution in [3.63, 3.8) is 0 Å². The molecular formula is C43H62ClNO7. The molecule has 0 bridgehead atoms. The Bertz CT molecular complexity index is 1330. The predicted octanol–water partition coefficient (Wildman–Crippen LogP) is 10.5. The van der Waals surface area contributed by atoms with Gasteiger partial charge in [0.2, 0.25) is 0 Å². The van der Waals surface area contributed by atoms with Gasteiger partial charge in [0.25, 0.3) is 0 Å². The second-order valence-corrected chi connectivity index (χ2v) is 14.5. The summed E-state index contributed by atoms with van der Waals surface area (Å²) in [6.07, 6.45) is 26.7. The van der Waals surface area contributed by atoms with Crippen LogP contribution in [0.4, 0.5) is 0 Å². The number of rotatable bonds is 21. The van der Waals surface area contributed by atoms with Crippen molar-refractivity contribution in [2.75, 3.05) is 20.2 Å². The zero-order chi connectivity index (χ0) is 38.0. The molecule has 1 aliphatic carbocycles. The number of likely N-dealkylation sites (tertiary alicyclic amines) is 1. The highest BCUT2D eigenvalue weighted by molar-refractivity contribution is 6.30. The molecule has 8 nitrogen and oxygen atoms in total. The molecule has 9 heteroatoms. The molecule has 1 aliphatic heterocycles. The maximum absolute atomic E-state index is 10.3. The first-order valence-electron chi connectivity index (χ1n) is 19.2. The lowest BCUT2D eigenvalue weighted by Gasteiger charge is -2.32. The summed E-state index contributed by atoms with van der Waals surface area (Å²) in [5, 5.41) is 24.9. The SMILES string of the molecule is CN1CCCC1CCOC(C)(c1ccccc1)c1ccc(Cl)cc1.O=C(O)C=CC(=O)O.O=C(O)CCCCCCCCCCCCC1C=CCC1. The van der Waals surface area contributed by atoms with E-state index in [1.54, 1.807) is 0 Å². The van der Waals surface area contributed by atoms with E-state index in [4.69, 9.17) is 31.7 Å². The summed E-state index contributed by atoms with van der Waals surface area (Å²) in [7, 11) is 2.22. The molecule has 1 saturated heterocycles. The second kappa shape index (κ2) is 26.3. The first kappa shape index (κ1) is 44.7. The van der Waals surface area contributed by atoms with Gasteiger partial charge in [0.05, 0.1) is 0 Å². The smallest absolute Gasteiger partial charge is 0.328 e. The van der Waals surface area contributed by atoms with Gasteiger partial charge >= 0.3 is 17.9 Å². The summed E-state index contributed by atoms with van der Waals surface area (Å²) >= 11 is 6.07. The Balaban J connectivity index is 0.000000303. The maximum Gasteiger partial charge on any atom is 0.328 e. The molecule has 0 spiro atoms. The van der Waals surface area contributed by atoms with Crippen LogP contribution in [0.2, 0.25) is 5.02 Å². The quantitative estimate of drug-likeness (QED) is 0.0656. The minimum atomic E-state index is -1.26. The van der Waals surface area contributed by atoms with Crippen LogP contribution in [0, 0.1) is 5.92 Å². The molecule has 4 rings (SSSR count). The highest BCUT2D eigenvalue weighted by atomic mass is 35.5. The number of carboxylic acids is 3. The van der Waals surface area contributed by atoms with Crippen molar-refractivity contribution in [3.05, 3.63) is 95.1 Å². The normalized spacial score (nSPS) is 17.9. The lowest BCUT2D eigenvalue weighted by Crippen LogP contribution is -2.31. The van der Waals surface area contributed by atoms with Gasteiger partial charge in [-0.15, -0.1) is 0 Å². The van der Waals surface area contributed by atoms with Crippen LogP contribution in [0.5, 0.6) is 0 Å². The van der Waals surface area contributed by atoms with Gasteiger partial charge in [-0.3, -0.25) is 4.79 Å². The van der Waals surface area contributed by atoms with E-state index >= 15 is 0 Å². The third-order valence-electron chi connectivity index (χ3n) is 9.93. The Hall–Kier alpha value is -3.46. The van der Waals surface area contributed by atoms with Gasteiger partial charge in [-0.25, -0.2) is 9.59 Å². The molecule has 2 aliphatic rings. The summed E-state index contributed by atoms with van der Waals surface area (Å²) in [6.45, 7) is 4.12. The number of aliphatic carboxylic acids is 3. The van der Waals surface area contributed by atoms with Gasteiger partial charge in [0.1, 0.15) is 5.60 Å². The fourth-order valence-electron chi connectivity index (χ4n) is 6.78. The van der Waals surface area contributed by atoms with E-state index in [1.165, 1.54) is 95.6 Å². The van der Waals surface area contributed by atoms with Gasteiger partial charge in [0, 0.05) is 36.2 Å². The fourth-order valence-corrected chi connectivity index (χ4v) is 6.90. The number of carbonyl (C=O) groups is 3. The van der Waals surface area contributed by atoms with Crippen molar-refractivity contribution >= 4 is 29.5 Å². The minimum absolute atomic E-state index is 0.343. The number of hydrogen-bond acceptors (Lipinski definition) is 5. The predicted molar refractivity (Wildman–Crippen MR) is 210 cm³/mol. The minimum Gasteiger partial charge on any atom is -0.481 e. The van der Waals surface area contributed by atoms with E-state index in [-0.39, 0.29) is 0 Å². The fraction of sp³-hybridized carbons (Fsp3) is 0.558. The first-order valence-corrected chi connectivity index (χ1v) is 19.6. The maximum atomic E-state index is 10.3. The van der Waals surface area contributed by atoms with Crippen LogP contribution in [0.15, 0.2) is 78.9 Å². The van der Waals surface area contributed by atoms with Crippen LogP contribution < -0.4 is 0 Å². The number of halogens is 1. The molecule has 0 saturated carbocycles. The van der Waals surface area contributed by atoms with Gasteiger partial charge in [-0.2, -0.15) is 0 Å². The molecule has 0 amide bonds. The monoisotopic (exact) mass is 739 g/mol. The van der Waals surface area contributed by atoms with Crippen LogP contribution in [-0.2, 0) is 24.7 Å². The Morgan fingerprint density at radius 2 is 1.35 bits per heavy atom. The van der Waals surface area contributed by atoms with Crippen LogP contribution in [0.25, 0.3) is 0 Å². The van der Waals surface area contributed by atoms with E-state index in [0.29, 0.717) is 24.6 Å². The van der Waals surface area contributed by atoms with Crippen molar-refractivity contribution in [2.24, 2.45) is 5.92 Å². The summed E-state index contributed by atoms with van der Waals surface area (Å²) < 4.78 is 6.48. The molecule has 1 fully saturated rings. The van der Waals surface area contributed by atoms with E-state index < -0.39 is 23.5 Å². The molecule has 2 aromatic rings. The number of ether oxygens (including phenoxy) is 1. The third-order valence-corrected chi connectivity index (χ3v) is 10.2. The van der Waals surface area contributed by atoms with Crippen molar-refractivity contribution in [1.82, 2.24) is 4.90 Å². The number of allylic oxidation sites excluding steroid dienone is 2. The van der Waals surface area contributed by atoms with Crippen LogP contribution in [-0.4, -0.2) is 64.4 Å². The zero-order valence-electron chi connectivity index (χ0n) is 31.4. The second-order valence-electron chi connectivity index (χ2n) is 14.1. The molecule has 0 aromatic heterocycles. The molecule has 3 atom stereocenters. The summed E-state index contributed by atoms with van der Waals surface area (Å²) in [6, 6.07) is 19.1. The van der Waals surface area contributed by atoms with Gasteiger partial charge in [-0.1, -0.05) is 124 Å². The number of hydrogen-bond donors (Lipinski definition) is 3. The van der Waals surface area contributed by atoms with E-state index in [0.717, 1.165) is 42.4 Å². The number of unbranched alkanes of at least 4 members (excludes halogenated alkanes) is 9. The average molecular weight is 740 g/mol. The van der Waals surface area contributed by atoms with Gasteiger partial charge in [-0.05, 0) is 94.6 Å². The number of carboxylic acid groups (broad SMARTS) is 3. The van der Waals surface area contributed by atoms with Gasteiger partial charge < -0.3 is 25.0 Å². The first-order chi connectivity index (χ1) is 25.0.